The first-order valence-electron chi connectivity index (χ1n) is 7.62. The van der Waals surface area contributed by atoms with Gasteiger partial charge in [-0.2, -0.15) is 0 Å². The predicted octanol–water partition coefficient (Wildman–Crippen LogP) is 4.06. The maximum atomic E-state index is 12.0. The number of carbonyl (C=O) groups is 3. The third-order valence-electron chi connectivity index (χ3n) is 3.18. The Balaban J connectivity index is 2.43. The first kappa shape index (κ1) is 18.7. The summed E-state index contributed by atoms with van der Waals surface area (Å²) < 4.78 is 5.20. The molecule has 0 fully saturated rings. The average molecular weight is 360 g/mol. The van der Waals surface area contributed by atoms with E-state index in [1.165, 1.54) is 6.92 Å². The van der Waals surface area contributed by atoms with Crippen LogP contribution in [0.3, 0.4) is 0 Å². The highest BCUT2D eigenvalue weighted by atomic mass is 32.1. The van der Waals surface area contributed by atoms with E-state index in [0.717, 1.165) is 11.3 Å². The highest BCUT2D eigenvalue weighted by molar-refractivity contribution is 7.20. The number of primary amides is 1. The van der Waals surface area contributed by atoms with Gasteiger partial charge < -0.3 is 10.5 Å². The van der Waals surface area contributed by atoms with Crippen molar-refractivity contribution in [1.82, 2.24) is 0 Å². The highest BCUT2D eigenvalue weighted by Gasteiger charge is 2.22. The molecule has 2 aromatic rings. The lowest BCUT2D eigenvalue weighted by Crippen LogP contribution is -2.27. The number of rotatable bonds is 4. The molecule has 1 heterocycles. The van der Waals surface area contributed by atoms with Crippen molar-refractivity contribution in [3.63, 3.8) is 0 Å². The van der Waals surface area contributed by atoms with E-state index in [1.54, 1.807) is 51.1 Å². The topological polar surface area (TPSA) is 98.5 Å². The number of thiophene rings is 1. The van der Waals surface area contributed by atoms with Crippen LogP contribution in [0.4, 0.5) is 9.80 Å². The number of ketones is 1. The molecular formula is C18H20N2O4S. The zero-order valence-corrected chi connectivity index (χ0v) is 15.3. The van der Waals surface area contributed by atoms with Crippen LogP contribution in [0, 0.1) is 0 Å². The molecule has 0 unspecified atom stereocenters. The molecule has 0 aliphatic rings. The molecular weight excluding hydrogens is 340 g/mol. The van der Waals surface area contributed by atoms with Crippen molar-refractivity contribution in [2.75, 3.05) is 5.32 Å². The summed E-state index contributed by atoms with van der Waals surface area (Å²) in [5.74, 6) is -0.764. The third kappa shape index (κ3) is 4.67. The minimum Gasteiger partial charge on any atom is -0.444 e. The van der Waals surface area contributed by atoms with Gasteiger partial charge in [0, 0.05) is 16.0 Å². The number of hydrogen-bond donors (Lipinski definition) is 2. The SMILES string of the molecule is CC(=O)c1ccccc1-c1cc(C(N)=O)c(NC(=O)OC(C)(C)C)s1. The fraction of sp³-hybridized carbons (Fsp3) is 0.278. The Bertz CT molecular complexity index is 834. The molecule has 25 heavy (non-hydrogen) atoms. The van der Waals surface area contributed by atoms with Gasteiger partial charge >= 0.3 is 6.09 Å². The minimum absolute atomic E-state index is 0.0914. The van der Waals surface area contributed by atoms with Crippen LogP contribution in [0.25, 0.3) is 10.4 Å². The monoisotopic (exact) mass is 360 g/mol. The molecule has 0 aliphatic heterocycles. The largest absolute Gasteiger partial charge is 0.444 e. The Morgan fingerprint density at radius 1 is 1.12 bits per heavy atom. The smallest absolute Gasteiger partial charge is 0.412 e. The van der Waals surface area contributed by atoms with E-state index < -0.39 is 17.6 Å². The number of nitrogens with one attached hydrogen (secondary N) is 1. The van der Waals surface area contributed by atoms with Crippen molar-refractivity contribution in [3.8, 4) is 10.4 Å². The molecule has 1 aromatic carbocycles. The molecule has 0 spiro atoms. The summed E-state index contributed by atoms with van der Waals surface area (Å²) in [5.41, 5.74) is 6.13. The Morgan fingerprint density at radius 2 is 1.76 bits per heavy atom. The van der Waals surface area contributed by atoms with Crippen molar-refractivity contribution in [1.29, 1.82) is 0 Å². The lowest BCUT2D eigenvalue weighted by Gasteiger charge is -2.19. The number of ether oxygens (including phenoxy) is 1. The number of hydrogen-bond acceptors (Lipinski definition) is 5. The number of amides is 2. The van der Waals surface area contributed by atoms with Crippen molar-refractivity contribution in [3.05, 3.63) is 41.5 Å². The van der Waals surface area contributed by atoms with Crippen LogP contribution in [-0.4, -0.2) is 23.4 Å². The second kappa shape index (κ2) is 7.06. The average Bonchev–Trinajstić information content (AvgIpc) is 2.89. The molecule has 7 heteroatoms. The second-order valence-electron chi connectivity index (χ2n) is 6.45. The number of carbonyl (C=O) groups excluding carboxylic acids is 3. The minimum atomic E-state index is -0.678. The van der Waals surface area contributed by atoms with Gasteiger partial charge in [0.25, 0.3) is 5.91 Å². The van der Waals surface area contributed by atoms with Crippen molar-refractivity contribution in [2.45, 2.75) is 33.3 Å². The lowest BCUT2D eigenvalue weighted by atomic mass is 10.0. The molecule has 132 valence electrons. The van der Waals surface area contributed by atoms with Gasteiger partial charge in [0.05, 0.1) is 5.56 Å². The molecule has 0 radical (unpaired) electrons. The molecule has 0 saturated carbocycles. The number of anilines is 1. The van der Waals surface area contributed by atoms with Crippen LogP contribution in [0.5, 0.6) is 0 Å². The van der Waals surface area contributed by atoms with Gasteiger partial charge in [-0.1, -0.05) is 24.3 Å². The quantitative estimate of drug-likeness (QED) is 0.803. The van der Waals surface area contributed by atoms with Crippen molar-refractivity contribution < 1.29 is 19.1 Å². The zero-order valence-electron chi connectivity index (χ0n) is 14.5. The summed E-state index contributed by atoms with van der Waals surface area (Å²) in [6.45, 7) is 6.70. The van der Waals surface area contributed by atoms with Gasteiger partial charge in [-0.25, -0.2) is 4.79 Å². The zero-order chi connectivity index (χ0) is 18.8. The lowest BCUT2D eigenvalue weighted by molar-refractivity contribution is 0.0636. The fourth-order valence-corrected chi connectivity index (χ4v) is 3.29. The van der Waals surface area contributed by atoms with Gasteiger partial charge in [-0.05, 0) is 33.8 Å². The van der Waals surface area contributed by atoms with Crippen LogP contribution in [0.1, 0.15) is 48.4 Å². The van der Waals surface area contributed by atoms with E-state index in [-0.39, 0.29) is 16.3 Å². The normalized spacial score (nSPS) is 11.0. The number of benzene rings is 1. The molecule has 0 bridgehead atoms. The van der Waals surface area contributed by atoms with Crippen LogP contribution in [-0.2, 0) is 4.74 Å². The van der Waals surface area contributed by atoms with E-state index in [2.05, 4.69) is 5.32 Å². The fourth-order valence-electron chi connectivity index (χ4n) is 2.20. The predicted molar refractivity (Wildman–Crippen MR) is 98.1 cm³/mol. The molecule has 1 aromatic heterocycles. The van der Waals surface area contributed by atoms with E-state index in [4.69, 9.17) is 10.5 Å². The maximum Gasteiger partial charge on any atom is 0.412 e. The number of Topliss-reactive ketones (excluding diaryl/α,β-unsaturated/α-hetero) is 1. The molecule has 0 saturated heterocycles. The van der Waals surface area contributed by atoms with Crippen LogP contribution in [0.15, 0.2) is 30.3 Å². The summed E-state index contributed by atoms with van der Waals surface area (Å²) in [6, 6.07) is 8.63. The van der Waals surface area contributed by atoms with E-state index in [1.807, 2.05) is 0 Å². The molecule has 0 atom stereocenters. The van der Waals surface area contributed by atoms with Crippen molar-refractivity contribution in [2.24, 2.45) is 5.73 Å². The van der Waals surface area contributed by atoms with Gasteiger partial charge in [0.1, 0.15) is 10.6 Å². The van der Waals surface area contributed by atoms with E-state index in [9.17, 15) is 14.4 Å². The molecule has 6 nitrogen and oxygen atoms in total. The first-order chi connectivity index (χ1) is 11.6. The summed E-state index contributed by atoms with van der Waals surface area (Å²) in [6.07, 6.45) is -0.678. The summed E-state index contributed by atoms with van der Waals surface area (Å²) in [7, 11) is 0. The van der Waals surface area contributed by atoms with E-state index >= 15 is 0 Å². The molecule has 3 N–H and O–H groups in total. The summed E-state index contributed by atoms with van der Waals surface area (Å²) >= 11 is 1.16. The Labute approximate surface area is 150 Å². The van der Waals surface area contributed by atoms with Crippen LogP contribution in [0.2, 0.25) is 0 Å². The Kier molecular flexibility index (Phi) is 5.27. The molecule has 2 amide bonds. The van der Waals surface area contributed by atoms with Gasteiger partial charge in [0.2, 0.25) is 0 Å². The van der Waals surface area contributed by atoms with Crippen LogP contribution < -0.4 is 11.1 Å². The summed E-state index contributed by atoms with van der Waals surface area (Å²) in [4.78, 5) is 36.2. The van der Waals surface area contributed by atoms with Gasteiger partial charge in [-0.3, -0.25) is 14.9 Å². The Morgan fingerprint density at radius 3 is 2.32 bits per heavy atom. The maximum absolute atomic E-state index is 12.0. The molecule has 2 rings (SSSR count). The second-order valence-corrected chi connectivity index (χ2v) is 7.50. The summed E-state index contributed by atoms with van der Waals surface area (Å²) in [5, 5.41) is 2.85. The molecule has 0 aliphatic carbocycles. The van der Waals surface area contributed by atoms with Gasteiger partial charge in [0.15, 0.2) is 5.78 Å². The van der Waals surface area contributed by atoms with E-state index in [0.29, 0.717) is 16.0 Å². The van der Waals surface area contributed by atoms with Crippen LogP contribution >= 0.6 is 11.3 Å². The first-order valence-corrected chi connectivity index (χ1v) is 8.44. The highest BCUT2D eigenvalue weighted by Crippen LogP contribution is 2.37. The number of nitrogens with two attached hydrogens (primary N) is 1. The standard InChI is InChI=1S/C18H20N2O4S/c1-10(21)11-7-5-6-8-12(11)14-9-13(15(19)22)16(25-14)20-17(23)24-18(2,3)4/h5-9H,1-4H3,(H2,19,22)(H,20,23). The third-order valence-corrected chi connectivity index (χ3v) is 4.27. The van der Waals surface area contributed by atoms with Gasteiger partial charge in [-0.15, -0.1) is 11.3 Å². The van der Waals surface area contributed by atoms with Crippen molar-refractivity contribution >= 4 is 34.1 Å². The Hall–Kier alpha value is -2.67.